The molecular weight excluding hydrogens is 251 g/mol. The predicted molar refractivity (Wildman–Crippen MR) is 71.7 cm³/mol. The van der Waals surface area contributed by atoms with Gasteiger partial charge < -0.3 is 10.2 Å². The lowest BCUT2D eigenvalue weighted by Gasteiger charge is -2.14. The Balaban J connectivity index is 1.81. The first kappa shape index (κ1) is 13.4. The number of carbonyl (C=O) groups excluding carboxylic acids is 1. The van der Waals surface area contributed by atoms with Crippen LogP contribution in [0.4, 0.5) is 4.39 Å². The third-order valence-electron chi connectivity index (χ3n) is 3.12. The lowest BCUT2D eigenvalue weighted by molar-refractivity contribution is 0.0949. The molecule has 0 spiro atoms. The second-order valence-corrected chi connectivity index (χ2v) is 4.95. The molecule has 1 aliphatic heterocycles. The van der Waals surface area contributed by atoms with Crippen LogP contribution in [0.1, 0.15) is 23.2 Å². The maximum absolute atomic E-state index is 13.0. The van der Waals surface area contributed by atoms with Crippen molar-refractivity contribution in [3.63, 3.8) is 0 Å². The second-order valence-electron chi connectivity index (χ2n) is 4.47. The van der Waals surface area contributed by atoms with Crippen LogP contribution in [-0.4, -0.2) is 37.0 Å². The molecule has 0 radical (unpaired) electrons. The zero-order valence-corrected chi connectivity index (χ0v) is 11.0. The van der Waals surface area contributed by atoms with Crippen LogP contribution in [0, 0.1) is 5.82 Å². The number of nitrogens with one attached hydrogen (secondary N) is 1. The zero-order chi connectivity index (χ0) is 13.0. The topological polar surface area (TPSA) is 32.3 Å². The summed E-state index contributed by atoms with van der Waals surface area (Å²) in [6.07, 6.45) is 2.49. The molecule has 0 aromatic heterocycles. The molecule has 1 aromatic carbocycles. The van der Waals surface area contributed by atoms with Crippen molar-refractivity contribution >= 4 is 18.5 Å². The monoisotopic (exact) mass is 268 g/mol. The minimum atomic E-state index is -0.410. The minimum Gasteiger partial charge on any atom is -0.351 e. The fraction of sp³-hybridized carbons (Fsp3) is 0.462. The van der Waals surface area contributed by atoms with Crippen molar-refractivity contribution in [1.82, 2.24) is 10.2 Å². The van der Waals surface area contributed by atoms with Gasteiger partial charge in [-0.2, -0.15) is 0 Å². The maximum Gasteiger partial charge on any atom is 0.251 e. The summed E-state index contributed by atoms with van der Waals surface area (Å²) in [4.78, 5) is 14.3. The number of hydrogen-bond donors (Lipinski definition) is 2. The van der Waals surface area contributed by atoms with Gasteiger partial charge in [0.15, 0.2) is 0 Å². The molecule has 1 amide bonds. The highest BCUT2D eigenvalue weighted by Crippen LogP contribution is 2.14. The molecule has 1 aromatic rings. The highest BCUT2D eigenvalue weighted by Gasteiger charge is 2.12. The first-order chi connectivity index (χ1) is 8.66. The molecule has 0 aliphatic carbocycles. The third kappa shape index (κ3) is 3.46. The van der Waals surface area contributed by atoms with Gasteiger partial charge in [0, 0.05) is 23.5 Å². The van der Waals surface area contributed by atoms with Crippen molar-refractivity contribution in [3.8, 4) is 0 Å². The van der Waals surface area contributed by atoms with E-state index >= 15 is 0 Å². The van der Waals surface area contributed by atoms with Crippen molar-refractivity contribution in [3.05, 3.63) is 29.6 Å². The van der Waals surface area contributed by atoms with E-state index in [1.54, 1.807) is 0 Å². The van der Waals surface area contributed by atoms with Gasteiger partial charge in [-0.05, 0) is 44.1 Å². The average molecular weight is 268 g/mol. The van der Waals surface area contributed by atoms with Crippen LogP contribution in [0.25, 0.3) is 0 Å². The summed E-state index contributed by atoms with van der Waals surface area (Å²) in [6.45, 7) is 3.74. The van der Waals surface area contributed by atoms with Gasteiger partial charge in [0.2, 0.25) is 0 Å². The number of rotatable bonds is 4. The van der Waals surface area contributed by atoms with Crippen molar-refractivity contribution < 1.29 is 9.18 Å². The largest absolute Gasteiger partial charge is 0.351 e. The van der Waals surface area contributed by atoms with E-state index in [1.807, 2.05) is 0 Å². The van der Waals surface area contributed by atoms with Gasteiger partial charge in [0.05, 0.1) is 0 Å². The van der Waals surface area contributed by atoms with Crippen molar-refractivity contribution in [1.29, 1.82) is 0 Å². The second kappa shape index (κ2) is 6.20. The van der Waals surface area contributed by atoms with Gasteiger partial charge in [0.1, 0.15) is 5.82 Å². The van der Waals surface area contributed by atoms with E-state index in [2.05, 4.69) is 22.8 Å². The first-order valence-electron chi connectivity index (χ1n) is 6.16. The summed E-state index contributed by atoms with van der Waals surface area (Å²) < 4.78 is 13.0. The van der Waals surface area contributed by atoms with Crippen molar-refractivity contribution in [2.45, 2.75) is 17.7 Å². The Morgan fingerprint density at radius 3 is 2.78 bits per heavy atom. The van der Waals surface area contributed by atoms with Gasteiger partial charge >= 0.3 is 0 Å². The highest BCUT2D eigenvalue weighted by atomic mass is 32.1. The predicted octanol–water partition coefficient (Wildman–Crippen LogP) is 1.94. The number of likely N-dealkylation sites (tertiary alicyclic amines) is 1. The lowest BCUT2D eigenvalue weighted by atomic mass is 10.2. The van der Waals surface area contributed by atoms with E-state index in [4.69, 9.17) is 0 Å². The molecule has 98 valence electrons. The van der Waals surface area contributed by atoms with Crippen molar-refractivity contribution in [2.75, 3.05) is 26.2 Å². The average Bonchev–Trinajstić information content (AvgIpc) is 2.85. The van der Waals surface area contributed by atoms with E-state index in [0.717, 1.165) is 19.6 Å². The van der Waals surface area contributed by atoms with Crippen LogP contribution in [0.15, 0.2) is 23.1 Å². The van der Waals surface area contributed by atoms with E-state index < -0.39 is 5.82 Å². The Bertz CT molecular complexity index is 433. The van der Waals surface area contributed by atoms with Crippen LogP contribution in [0.5, 0.6) is 0 Å². The molecule has 1 saturated heterocycles. The molecule has 0 saturated carbocycles. The maximum atomic E-state index is 13.0. The van der Waals surface area contributed by atoms with Crippen LogP contribution < -0.4 is 5.32 Å². The quantitative estimate of drug-likeness (QED) is 0.818. The van der Waals surface area contributed by atoms with Crippen LogP contribution in [0.3, 0.4) is 0 Å². The minimum absolute atomic E-state index is 0.176. The molecule has 5 heteroatoms. The molecule has 0 unspecified atom stereocenters. The number of nitrogens with zero attached hydrogens (tertiary/aromatic N) is 1. The van der Waals surface area contributed by atoms with E-state index in [-0.39, 0.29) is 10.8 Å². The summed E-state index contributed by atoms with van der Waals surface area (Å²) in [6, 6.07) is 4.18. The molecule has 0 atom stereocenters. The number of benzene rings is 1. The normalized spacial score (nSPS) is 15.9. The molecule has 1 N–H and O–H groups in total. The fourth-order valence-corrected chi connectivity index (χ4v) is 2.30. The van der Waals surface area contributed by atoms with Gasteiger partial charge in [-0.25, -0.2) is 4.39 Å². The number of thiol groups is 1. The van der Waals surface area contributed by atoms with Gasteiger partial charge in [0.25, 0.3) is 5.91 Å². The fourth-order valence-electron chi connectivity index (χ4n) is 2.09. The Kier molecular flexibility index (Phi) is 4.60. The van der Waals surface area contributed by atoms with E-state index in [9.17, 15) is 9.18 Å². The molecule has 1 aliphatic rings. The Labute approximate surface area is 112 Å². The standard InChI is InChI=1S/C13H17FN2OS/c14-11-4-3-10(9-12(11)18)13(17)15-5-8-16-6-1-2-7-16/h3-4,9,18H,1-2,5-8H2,(H,15,17). The zero-order valence-electron chi connectivity index (χ0n) is 10.2. The number of carbonyl (C=O) groups is 1. The van der Waals surface area contributed by atoms with E-state index in [0.29, 0.717) is 12.1 Å². The number of halogens is 1. The lowest BCUT2D eigenvalue weighted by Crippen LogP contribution is -2.33. The van der Waals surface area contributed by atoms with Crippen LogP contribution in [0.2, 0.25) is 0 Å². The van der Waals surface area contributed by atoms with Crippen molar-refractivity contribution in [2.24, 2.45) is 0 Å². The SMILES string of the molecule is O=C(NCCN1CCCC1)c1ccc(F)c(S)c1. The Morgan fingerprint density at radius 1 is 1.39 bits per heavy atom. The highest BCUT2D eigenvalue weighted by molar-refractivity contribution is 7.80. The number of hydrogen-bond acceptors (Lipinski definition) is 3. The number of amides is 1. The van der Waals surface area contributed by atoms with Crippen LogP contribution in [-0.2, 0) is 0 Å². The van der Waals surface area contributed by atoms with Gasteiger partial charge in [-0.1, -0.05) is 0 Å². The molecule has 1 heterocycles. The molecule has 18 heavy (non-hydrogen) atoms. The first-order valence-corrected chi connectivity index (χ1v) is 6.60. The Morgan fingerprint density at radius 2 is 2.11 bits per heavy atom. The molecular formula is C13H17FN2OS. The molecule has 0 bridgehead atoms. The van der Waals surface area contributed by atoms with Crippen LogP contribution >= 0.6 is 12.6 Å². The summed E-state index contributed by atoms with van der Waals surface area (Å²) in [7, 11) is 0. The molecule has 3 nitrogen and oxygen atoms in total. The van der Waals surface area contributed by atoms with E-state index in [1.165, 1.54) is 31.0 Å². The summed E-state index contributed by atoms with van der Waals surface area (Å²) in [5.41, 5.74) is 0.447. The molecule has 2 rings (SSSR count). The summed E-state index contributed by atoms with van der Waals surface area (Å²) >= 11 is 3.96. The summed E-state index contributed by atoms with van der Waals surface area (Å²) in [5, 5.41) is 2.84. The van der Waals surface area contributed by atoms with Gasteiger partial charge in [-0.15, -0.1) is 12.6 Å². The summed E-state index contributed by atoms with van der Waals surface area (Å²) in [5.74, 6) is -0.587. The Hall–Kier alpha value is -1.07. The third-order valence-corrected chi connectivity index (χ3v) is 3.46. The molecule has 1 fully saturated rings. The smallest absolute Gasteiger partial charge is 0.251 e. The van der Waals surface area contributed by atoms with Gasteiger partial charge in [-0.3, -0.25) is 4.79 Å².